The monoisotopic (exact) mass is 216 g/mol. The summed E-state index contributed by atoms with van der Waals surface area (Å²) < 4.78 is 15.8. The molecule has 86 valence electrons. The SMILES string of the molecule is CC1(C)OC[C@@H]([C@H](O)[C@@H]2CCC(=O)O2)O1. The van der Waals surface area contributed by atoms with E-state index in [0.717, 1.165) is 0 Å². The molecule has 0 aliphatic carbocycles. The first-order valence-electron chi connectivity index (χ1n) is 5.17. The number of carbonyl (C=O) groups excluding carboxylic acids is 1. The highest BCUT2D eigenvalue weighted by Crippen LogP contribution is 2.28. The smallest absolute Gasteiger partial charge is 0.306 e. The fraction of sp³-hybridized carbons (Fsp3) is 0.900. The molecule has 0 unspecified atom stereocenters. The van der Waals surface area contributed by atoms with E-state index in [4.69, 9.17) is 14.2 Å². The van der Waals surface area contributed by atoms with Crippen molar-refractivity contribution in [1.29, 1.82) is 0 Å². The second-order valence-electron chi connectivity index (χ2n) is 4.42. The summed E-state index contributed by atoms with van der Waals surface area (Å²) in [6.07, 6.45) is -0.715. The van der Waals surface area contributed by atoms with E-state index in [1.165, 1.54) is 0 Å². The number of aliphatic hydroxyl groups excluding tert-OH is 1. The molecule has 0 aromatic carbocycles. The van der Waals surface area contributed by atoms with Gasteiger partial charge >= 0.3 is 5.97 Å². The Hall–Kier alpha value is -0.650. The zero-order chi connectivity index (χ0) is 11.1. The third-order valence-electron chi connectivity index (χ3n) is 2.71. The molecule has 2 heterocycles. The van der Waals surface area contributed by atoms with Crippen LogP contribution in [0.15, 0.2) is 0 Å². The van der Waals surface area contributed by atoms with Crippen molar-refractivity contribution in [3.05, 3.63) is 0 Å². The number of rotatable bonds is 2. The van der Waals surface area contributed by atoms with Crippen molar-refractivity contribution in [2.24, 2.45) is 0 Å². The Morgan fingerprint density at radius 3 is 2.67 bits per heavy atom. The van der Waals surface area contributed by atoms with Crippen LogP contribution < -0.4 is 0 Å². The van der Waals surface area contributed by atoms with Crippen molar-refractivity contribution in [1.82, 2.24) is 0 Å². The lowest BCUT2D eigenvalue weighted by Crippen LogP contribution is -2.39. The van der Waals surface area contributed by atoms with Gasteiger partial charge in [0.2, 0.25) is 0 Å². The van der Waals surface area contributed by atoms with Crippen LogP contribution in [0, 0.1) is 0 Å². The predicted octanol–water partition coefficient (Wildman–Crippen LogP) is 0.204. The molecule has 5 heteroatoms. The van der Waals surface area contributed by atoms with Gasteiger partial charge in [0, 0.05) is 6.42 Å². The molecule has 3 atom stereocenters. The molecule has 0 saturated carbocycles. The molecule has 0 bridgehead atoms. The van der Waals surface area contributed by atoms with Crippen molar-refractivity contribution in [3.8, 4) is 0 Å². The van der Waals surface area contributed by atoms with Crippen LogP contribution >= 0.6 is 0 Å². The van der Waals surface area contributed by atoms with E-state index in [9.17, 15) is 9.90 Å². The Balaban J connectivity index is 1.91. The van der Waals surface area contributed by atoms with Gasteiger partial charge in [0.1, 0.15) is 18.3 Å². The molecular weight excluding hydrogens is 200 g/mol. The molecule has 0 spiro atoms. The molecule has 2 rings (SSSR count). The maximum absolute atomic E-state index is 10.9. The molecule has 0 aromatic rings. The lowest BCUT2D eigenvalue weighted by Gasteiger charge is -2.23. The quantitative estimate of drug-likeness (QED) is 0.668. The fourth-order valence-electron chi connectivity index (χ4n) is 1.91. The Bertz CT molecular complexity index is 263. The van der Waals surface area contributed by atoms with Gasteiger partial charge in [0.05, 0.1) is 6.61 Å². The summed E-state index contributed by atoms with van der Waals surface area (Å²) in [5.74, 6) is -0.911. The molecule has 2 aliphatic heterocycles. The van der Waals surface area contributed by atoms with E-state index >= 15 is 0 Å². The zero-order valence-corrected chi connectivity index (χ0v) is 8.93. The summed E-state index contributed by atoms with van der Waals surface area (Å²) in [6.45, 7) is 3.92. The molecule has 2 aliphatic rings. The number of hydrogen-bond donors (Lipinski definition) is 1. The van der Waals surface area contributed by atoms with Gasteiger partial charge in [0.15, 0.2) is 5.79 Å². The van der Waals surface area contributed by atoms with Gasteiger partial charge in [-0.3, -0.25) is 4.79 Å². The van der Waals surface area contributed by atoms with E-state index in [0.29, 0.717) is 19.4 Å². The second kappa shape index (κ2) is 3.73. The number of ether oxygens (including phenoxy) is 3. The first-order valence-corrected chi connectivity index (χ1v) is 5.17. The first kappa shape index (κ1) is 10.9. The van der Waals surface area contributed by atoms with E-state index in [1.807, 2.05) is 0 Å². The Kier molecular flexibility index (Phi) is 2.70. The van der Waals surface area contributed by atoms with Crippen LogP contribution in [0.4, 0.5) is 0 Å². The lowest BCUT2D eigenvalue weighted by atomic mass is 10.1. The summed E-state index contributed by atoms with van der Waals surface area (Å²) in [5, 5.41) is 9.92. The average molecular weight is 216 g/mol. The van der Waals surface area contributed by atoms with E-state index in [-0.39, 0.29) is 5.97 Å². The highest BCUT2D eigenvalue weighted by atomic mass is 16.7. The number of hydrogen-bond acceptors (Lipinski definition) is 5. The molecule has 1 N–H and O–H groups in total. The van der Waals surface area contributed by atoms with Gasteiger partial charge in [-0.05, 0) is 20.3 Å². The molecule has 15 heavy (non-hydrogen) atoms. The van der Waals surface area contributed by atoms with Crippen LogP contribution in [0.25, 0.3) is 0 Å². The first-order chi connectivity index (χ1) is 6.98. The second-order valence-corrected chi connectivity index (χ2v) is 4.42. The van der Waals surface area contributed by atoms with Gasteiger partial charge in [0.25, 0.3) is 0 Å². The summed E-state index contributed by atoms with van der Waals surface area (Å²) in [4.78, 5) is 10.9. The molecule has 2 saturated heterocycles. The minimum atomic E-state index is -0.793. The molecular formula is C10H16O5. The Morgan fingerprint density at radius 2 is 2.20 bits per heavy atom. The number of cyclic esters (lactones) is 1. The minimum Gasteiger partial charge on any atom is -0.459 e. The highest BCUT2D eigenvalue weighted by Gasteiger charge is 2.42. The molecule has 0 amide bonds. The van der Waals surface area contributed by atoms with E-state index in [2.05, 4.69) is 0 Å². The normalized spacial score (nSPS) is 36.6. The van der Waals surface area contributed by atoms with Gasteiger partial charge in [-0.2, -0.15) is 0 Å². The van der Waals surface area contributed by atoms with Crippen LogP contribution in [0.2, 0.25) is 0 Å². The highest BCUT2D eigenvalue weighted by molar-refractivity contribution is 5.71. The Labute approximate surface area is 88.3 Å². The van der Waals surface area contributed by atoms with Crippen LogP contribution in [-0.4, -0.2) is 41.8 Å². The van der Waals surface area contributed by atoms with Crippen molar-refractivity contribution in [2.45, 2.75) is 50.8 Å². The summed E-state index contributed by atoms with van der Waals surface area (Å²) >= 11 is 0. The number of carbonyl (C=O) groups is 1. The van der Waals surface area contributed by atoms with Gasteiger partial charge in [-0.15, -0.1) is 0 Å². The van der Waals surface area contributed by atoms with Crippen molar-refractivity contribution < 1.29 is 24.1 Å². The third kappa shape index (κ3) is 2.30. The van der Waals surface area contributed by atoms with Crippen molar-refractivity contribution in [2.75, 3.05) is 6.61 Å². The van der Waals surface area contributed by atoms with Crippen molar-refractivity contribution >= 4 is 5.97 Å². The largest absolute Gasteiger partial charge is 0.459 e. The number of esters is 1. The molecule has 0 radical (unpaired) electrons. The summed E-state index contributed by atoms with van der Waals surface area (Å²) in [6, 6.07) is 0. The predicted molar refractivity (Wildman–Crippen MR) is 50.0 cm³/mol. The molecule has 2 fully saturated rings. The minimum absolute atomic E-state index is 0.253. The Morgan fingerprint density at radius 1 is 1.47 bits per heavy atom. The average Bonchev–Trinajstić information content (AvgIpc) is 2.71. The molecule has 0 aromatic heterocycles. The van der Waals surface area contributed by atoms with Crippen LogP contribution in [0.3, 0.4) is 0 Å². The third-order valence-corrected chi connectivity index (χ3v) is 2.71. The lowest BCUT2D eigenvalue weighted by molar-refractivity contribution is -0.166. The van der Waals surface area contributed by atoms with Gasteiger partial charge in [-0.25, -0.2) is 0 Å². The summed E-state index contributed by atoms with van der Waals surface area (Å²) in [7, 11) is 0. The van der Waals surface area contributed by atoms with E-state index in [1.54, 1.807) is 13.8 Å². The van der Waals surface area contributed by atoms with Gasteiger partial charge < -0.3 is 19.3 Å². The zero-order valence-electron chi connectivity index (χ0n) is 8.93. The van der Waals surface area contributed by atoms with Gasteiger partial charge in [-0.1, -0.05) is 0 Å². The summed E-state index contributed by atoms with van der Waals surface area (Å²) in [5.41, 5.74) is 0. The maximum atomic E-state index is 10.9. The van der Waals surface area contributed by atoms with Crippen LogP contribution in [-0.2, 0) is 19.0 Å². The number of aliphatic hydroxyl groups is 1. The molecule has 5 nitrogen and oxygen atoms in total. The van der Waals surface area contributed by atoms with Crippen LogP contribution in [0.5, 0.6) is 0 Å². The van der Waals surface area contributed by atoms with Crippen LogP contribution in [0.1, 0.15) is 26.7 Å². The topological polar surface area (TPSA) is 65.0 Å². The maximum Gasteiger partial charge on any atom is 0.306 e. The fourth-order valence-corrected chi connectivity index (χ4v) is 1.91. The van der Waals surface area contributed by atoms with E-state index < -0.39 is 24.1 Å². The standard InChI is InChI=1S/C10H16O5/c1-10(2)13-5-7(15-10)9(12)6-3-4-8(11)14-6/h6-7,9,12H,3-5H2,1-2H3/t6-,7-,9+/m0/s1. The van der Waals surface area contributed by atoms with Crippen molar-refractivity contribution in [3.63, 3.8) is 0 Å².